The molecule has 27 heavy (non-hydrogen) atoms. The van der Waals surface area contributed by atoms with Gasteiger partial charge in [0.1, 0.15) is 6.10 Å². The van der Waals surface area contributed by atoms with Crippen molar-refractivity contribution in [2.75, 3.05) is 6.54 Å². The average molecular weight is 378 g/mol. The van der Waals surface area contributed by atoms with Crippen LogP contribution >= 0.6 is 0 Å². The Labute approximate surface area is 162 Å². The van der Waals surface area contributed by atoms with Crippen LogP contribution in [0.1, 0.15) is 73.1 Å². The molecule has 0 saturated heterocycles. The maximum Gasteiger partial charge on any atom is 0.302 e. The predicted octanol–water partition coefficient (Wildman–Crippen LogP) is 3.36. The minimum Gasteiger partial charge on any atom is -0.462 e. The summed E-state index contributed by atoms with van der Waals surface area (Å²) in [5.74, 6) is -0.142. The van der Waals surface area contributed by atoms with Gasteiger partial charge in [-0.25, -0.2) is 0 Å². The van der Waals surface area contributed by atoms with Crippen LogP contribution in [-0.2, 0) is 14.3 Å². The van der Waals surface area contributed by atoms with Gasteiger partial charge in [-0.3, -0.25) is 9.59 Å². The fourth-order valence-electron chi connectivity index (χ4n) is 6.60. The molecular formula is C22H35NO4. The molecule has 0 aromatic heterocycles. The van der Waals surface area contributed by atoms with Crippen LogP contribution in [0.25, 0.3) is 0 Å². The summed E-state index contributed by atoms with van der Waals surface area (Å²) in [6, 6.07) is 0. The first-order valence-corrected chi connectivity index (χ1v) is 10.4. The van der Waals surface area contributed by atoms with Crippen LogP contribution in [-0.4, -0.2) is 35.2 Å². The van der Waals surface area contributed by atoms with Crippen LogP contribution in [0.3, 0.4) is 0 Å². The average Bonchev–Trinajstić information content (AvgIpc) is 2.94. The molecule has 5 nitrogen and oxygen atoms in total. The number of ether oxygens (including phenoxy) is 1. The summed E-state index contributed by atoms with van der Waals surface area (Å²) in [6.45, 7) is 10.8. The Bertz CT molecular complexity index is 655. The van der Waals surface area contributed by atoms with Gasteiger partial charge < -0.3 is 15.2 Å². The van der Waals surface area contributed by atoms with E-state index in [1.807, 2.05) is 6.08 Å². The van der Waals surface area contributed by atoms with E-state index in [-0.39, 0.29) is 40.6 Å². The summed E-state index contributed by atoms with van der Waals surface area (Å²) in [4.78, 5) is 23.7. The molecule has 0 spiro atoms. The Kier molecular flexibility index (Phi) is 5.21. The number of esters is 1. The zero-order valence-electron chi connectivity index (χ0n) is 17.4. The van der Waals surface area contributed by atoms with Crippen LogP contribution in [0.5, 0.6) is 0 Å². The molecule has 1 heterocycles. The molecule has 0 unspecified atom stereocenters. The van der Waals surface area contributed by atoms with Crippen LogP contribution in [0.2, 0.25) is 0 Å². The summed E-state index contributed by atoms with van der Waals surface area (Å²) in [5.41, 5.74) is -0.448. The third-order valence-electron chi connectivity index (χ3n) is 7.80. The standard InChI is InChI=1S/C22H35NO4/c1-14-13-17(27-15(2)24)18-20(3,4)9-6-10-21(18,5)22(14,26)11-7-16-8-12-23-19(16)25/h8,14,17-18,26H,6-7,9-13H2,1-5H3,(H,23,25)/t14-,17-,18+,21+,22-/m0/s1. The molecule has 152 valence electrons. The topological polar surface area (TPSA) is 75.6 Å². The second kappa shape index (κ2) is 6.91. The van der Waals surface area contributed by atoms with Crippen molar-refractivity contribution in [1.29, 1.82) is 0 Å². The lowest BCUT2D eigenvalue weighted by Gasteiger charge is -2.64. The van der Waals surface area contributed by atoms with Crippen molar-refractivity contribution in [2.45, 2.75) is 84.8 Å². The number of hydrogen-bond donors (Lipinski definition) is 2. The number of fused-ring (bicyclic) bond motifs is 1. The smallest absolute Gasteiger partial charge is 0.302 e. The molecule has 2 N–H and O–H groups in total. The van der Waals surface area contributed by atoms with Gasteiger partial charge in [0.25, 0.3) is 0 Å². The normalized spacial score (nSPS) is 40.7. The van der Waals surface area contributed by atoms with Gasteiger partial charge in [-0.15, -0.1) is 0 Å². The van der Waals surface area contributed by atoms with Gasteiger partial charge in [0, 0.05) is 30.4 Å². The van der Waals surface area contributed by atoms with Gasteiger partial charge in [0.2, 0.25) is 5.91 Å². The molecule has 0 aromatic rings. The zero-order valence-corrected chi connectivity index (χ0v) is 17.4. The molecule has 0 aromatic carbocycles. The number of amides is 1. The highest BCUT2D eigenvalue weighted by molar-refractivity contribution is 5.95. The predicted molar refractivity (Wildman–Crippen MR) is 104 cm³/mol. The number of carbonyl (C=O) groups excluding carboxylic acids is 2. The molecule has 2 aliphatic carbocycles. The van der Waals surface area contributed by atoms with Gasteiger partial charge in [-0.2, -0.15) is 0 Å². The zero-order chi connectivity index (χ0) is 20.0. The highest BCUT2D eigenvalue weighted by Gasteiger charge is 2.64. The Morgan fingerprint density at radius 1 is 1.33 bits per heavy atom. The van der Waals surface area contributed by atoms with Crippen LogP contribution < -0.4 is 5.32 Å². The monoisotopic (exact) mass is 377 g/mol. The summed E-state index contributed by atoms with van der Waals surface area (Å²) < 4.78 is 5.79. The summed E-state index contributed by atoms with van der Waals surface area (Å²) in [7, 11) is 0. The first-order chi connectivity index (χ1) is 12.5. The minimum atomic E-state index is -0.879. The van der Waals surface area contributed by atoms with Gasteiger partial charge in [-0.1, -0.05) is 40.2 Å². The minimum absolute atomic E-state index is 0.00191. The van der Waals surface area contributed by atoms with Crippen LogP contribution in [0, 0.1) is 22.7 Å². The molecule has 2 saturated carbocycles. The van der Waals surface area contributed by atoms with Crippen LogP contribution in [0.15, 0.2) is 11.6 Å². The molecule has 5 heteroatoms. The molecule has 0 radical (unpaired) electrons. The molecule has 2 fully saturated rings. The van der Waals surface area contributed by atoms with E-state index >= 15 is 0 Å². The first kappa shape index (κ1) is 20.4. The van der Waals surface area contributed by atoms with Gasteiger partial charge >= 0.3 is 5.97 Å². The number of nitrogens with one attached hydrogen (secondary N) is 1. The van der Waals surface area contributed by atoms with Crippen molar-refractivity contribution in [3.05, 3.63) is 11.6 Å². The van der Waals surface area contributed by atoms with E-state index < -0.39 is 5.60 Å². The summed E-state index contributed by atoms with van der Waals surface area (Å²) >= 11 is 0. The van der Waals surface area contributed by atoms with Gasteiger partial charge in [0.05, 0.1) is 5.60 Å². The largest absolute Gasteiger partial charge is 0.462 e. The fourth-order valence-corrected chi connectivity index (χ4v) is 6.60. The second-order valence-corrected chi connectivity index (χ2v) is 9.89. The lowest BCUT2D eigenvalue weighted by atomic mass is 9.43. The highest BCUT2D eigenvalue weighted by atomic mass is 16.5. The number of hydrogen-bond acceptors (Lipinski definition) is 4. The SMILES string of the molecule is CC(=O)O[C@H]1C[C@H](C)[C@@](O)(CCC2=CCNC2=O)[C@]2(C)CCCC(C)(C)[C@@H]12. The molecular weight excluding hydrogens is 342 g/mol. The Morgan fingerprint density at radius 3 is 2.63 bits per heavy atom. The van der Waals surface area contributed by atoms with Crippen molar-refractivity contribution in [3.63, 3.8) is 0 Å². The summed E-state index contributed by atoms with van der Waals surface area (Å²) in [5, 5.41) is 14.8. The Morgan fingerprint density at radius 2 is 2.04 bits per heavy atom. The summed E-state index contributed by atoms with van der Waals surface area (Å²) in [6.07, 6.45) is 6.67. The lowest BCUT2D eigenvalue weighted by molar-refractivity contribution is -0.249. The quantitative estimate of drug-likeness (QED) is 0.737. The number of rotatable bonds is 4. The van der Waals surface area contributed by atoms with Crippen molar-refractivity contribution in [3.8, 4) is 0 Å². The molecule has 3 rings (SSSR count). The Hall–Kier alpha value is -1.36. The van der Waals surface area contributed by atoms with Crippen molar-refractivity contribution < 1.29 is 19.4 Å². The molecule has 1 aliphatic heterocycles. The molecule has 1 amide bonds. The third kappa shape index (κ3) is 3.32. The van der Waals surface area contributed by atoms with Crippen molar-refractivity contribution in [2.24, 2.45) is 22.7 Å². The second-order valence-electron chi connectivity index (χ2n) is 9.89. The van der Waals surface area contributed by atoms with E-state index in [1.54, 1.807) is 0 Å². The molecule has 3 aliphatic rings. The van der Waals surface area contributed by atoms with E-state index in [0.29, 0.717) is 25.8 Å². The highest BCUT2D eigenvalue weighted by Crippen LogP contribution is 2.64. The first-order valence-electron chi connectivity index (χ1n) is 10.4. The van der Waals surface area contributed by atoms with E-state index in [4.69, 9.17) is 4.74 Å². The van der Waals surface area contributed by atoms with E-state index in [1.165, 1.54) is 6.92 Å². The van der Waals surface area contributed by atoms with E-state index in [0.717, 1.165) is 24.8 Å². The van der Waals surface area contributed by atoms with Crippen LogP contribution in [0.4, 0.5) is 0 Å². The van der Waals surface area contributed by atoms with Gasteiger partial charge in [0.15, 0.2) is 0 Å². The fraction of sp³-hybridized carbons (Fsp3) is 0.818. The molecule has 5 atom stereocenters. The number of aliphatic hydroxyl groups is 1. The van der Waals surface area contributed by atoms with E-state index in [2.05, 4.69) is 33.0 Å². The van der Waals surface area contributed by atoms with Gasteiger partial charge in [-0.05, 0) is 43.4 Å². The third-order valence-corrected chi connectivity index (χ3v) is 7.80. The van der Waals surface area contributed by atoms with Crippen molar-refractivity contribution in [1.82, 2.24) is 5.32 Å². The number of carbonyl (C=O) groups is 2. The lowest BCUT2D eigenvalue weighted by Crippen LogP contribution is -2.66. The maximum absolute atomic E-state index is 12.0. The Balaban J connectivity index is 1.94. The molecule has 0 bridgehead atoms. The van der Waals surface area contributed by atoms with Crippen molar-refractivity contribution >= 4 is 11.9 Å². The van der Waals surface area contributed by atoms with E-state index in [9.17, 15) is 14.7 Å². The maximum atomic E-state index is 12.0.